The number of hydrogen-bond acceptors (Lipinski definition) is 8. The Morgan fingerprint density at radius 2 is 1.51 bits per heavy atom. The van der Waals surface area contributed by atoms with Gasteiger partial charge in [0.2, 0.25) is 0 Å². The molecule has 12 nitrogen and oxygen atoms in total. The molecule has 13 heteroatoms. The summed E-state index contributed by atoms with van der Waals surface area (Å²) in [6.45, 7) is 11.9. The molecule has 0 aromatic carbocycles. The Morgan fingerprint density at radius 1 is 0.973 bits per heavy atom. The summed E-state index contributed by atoms with van der Waals surface area (Å²) in [6.07, 6.45) is 3.22. The molecule has 0 radical (unpaired) electrons. The van der Waals surface area contributed by atoms with Gasteiger partial charge in [-0.3, -0.25) is 9.32 Å². The zero-order chi connectivity index (χ0) is 28.0. The fourth-order valence-corrected chi connectivity index (χ4v) is 4.27. The van der Waals surface area contributed by atoms with Crippen molar-refractivity contribution in [2.75, 3.05) is 26.2 Å². The molecular formula is C24H46N3O9P. The summed E-state index contributed by atoms with van der Waals surface area (Å²) in [7, 11) is -4.80. The second-order valence-electron chi connectivity index (χ2n) is 9.29. The van der Waals surface area contributed by atoms with Crippen LogP contribution in [0.4, 0.5) is 0 Å². The van der Waals surface area contributed by atoms with Gasteiger partial charge in [0.25, 0.3) is 5.56 Å². The summed E-state index contributed by atoms with van der Waals surface area (Å²) < 4.78 is 20.7. The van der Waals surface area contributed by atoms with Gasteiger partial charge in [-0.15, -0.1) is 0 Å². The smallest absolute Gasteiger partial charge is 0.387 e. The lowest BCUT2D eigenvalue weighted by molar-refractivity contribution is -0.0558. The average molecular weight is 552 g/mol. The maximum atomic E-state index is 12.1. The van der Waals surface area contributed by atoms with Gasteiger partial charge >= 0.3 is 13.5 Å². The van der Waals surface area contributed by atoms with Crippen molar-refractivity contribution in [1.82, 2.24) is 14.5 Å². The highest BCUT2D eigenvalue weighted by Gasteiger charge is 2.45. The Kier molecular flexibility index (Phi) is 15.7. The lowest BCUT2D eigenvalue weighted by atomic mass is 10.1. The fourth-order valence-electron chi connectivity index (χ4n) is 3.93. The van der Waals surface area contributed by atoms with E-state index in [4.69, 9.17) is 14.5 Å². The summed E-state index contributed by atoms with van der Waals surface area (Å²) in [5, 5.41) is 19.9. The molecule has 2 heterocycles. The molecule has 0 bridgehead atoms. The normalized spacial score (nSPS) is 21.8. The number of aromatic nitrogens is 2. The second-order valence-corrected chi connectivity index (χ2v) is 10.5. The summed E-state index contributed by atoms with van der Waals surface area (Å²) >= 11 is 0. The predicted molar refractivity (Wildman–Crippen MR) is 140 cm³/mol. The van der Waals surface area contributed by atoms with E-state index in [1.807, 2.05) is 6.92 Å². The molecule has 1 aliphatic rings. The van der Waals surface area contributed by atoms with Crippen LogP contribution in [0.1, 0.15) is 84.6 Å². The lowest BCUT2D eigenvalue weighted by Crippen LogP contribution is -2.43. The molecule has 0 unspecified atom stereocenters. The number of phosphoric acid groups is 1. The van der Waals surface area contributed by atoms with E-state index in [1.54, 1.807) is 0 Å². The zero-order valence-corrected chi connectivity index (χ0v) is 23.4. The SMILES string of the molecule is CCCCN(CCCC)CCCC.CCCc1cc(=O)n([C@@H]2O[C@H](COP(=O)(O)O)[C@@H](O)[C@H]2O)c(=O)[nH]1. The highest BCUT2D eigenvalue weighted by molar-refractivity contribution is 7.46. The van der Waals surface area contributed by atoms with Crippen molar-refractivity contribution < 1.29 is 33.8 Å². The van der Waals surface area contributed by atoms with Gasteiger partial charge in [-0.2, -0.15) is 0 Å². The quantitative estimate of drug-likeness (QED) is 0.203. The van der Waals surface area contributed by atoms with E-state index in [0.717, 1.165) is 0 Å². The third kappa shape index (κ3) is 11.9. The number of H-pyrrole nitrogens is 1. The van der Waals surface area contributed by atoms with E-state index in [1.165, 1.54) is 64.2 Å². The van der Waals surface area contributed by atoms with Crippen LogP contribution in [0.25, 0.3) is 0 Å². The van der Waals surface area contributed by atoms with E-state index >= 15 is 0 Å². The van der Waals surface area contributed by atoms with Crippen LogP contribution in [0.3, 0.4) is 0 Å². The Hall–Kier alpha value is -1.37. The van der Waals surface area contributed by atoms with E-state index in [-0.39, 0.29) is 0 Å². The number of phosphoric ester groups is 1. The Bertz CT molecular complexity index is 883. The molecule has 0 amide bonds. The minimum Gasteiger partial charge on any atom is -0.387 e. The molecule has 4 atom stereocenters. The van der Waals surface area contributed by atoms with Crippen LogP contribution >= 0.6 is 7.82 Å². The molecular weight excluding hydrogens is 505 g/mol. The Morgan fingerprint density at radius 3 is 1.95 bits per heavy atom. The molecule has 216 valence electrons. The van der Waals surface area contributed by atoms with Gasteiger partial charge in [-0.25, -0.2) is 13.9 Å². The zero-order valence-electron chi connectivity index (χ0n) is 22.5. The molecule has 1 aliphatic heterocycles. The number of aromatic amines is 1. The molecule has 37 heavy (non-hydrogen) atoms. The van der Waals surface area contributed by atoms with Crippen molar-refractivity contribution in [1.29, 1.82) is 0 Å². The number of nitrogens with zero attached hydrogens (tertiary/aromatic N) is 2. The van der Waals surface area contributed by atoms with Crippen LogP contribution in [0.15, 0.2) is 15.7 Å². The van der Waals surface area contributed by atoms with Crippen molar-refractivity contribution in [2.24, 2.45) is 0 Å². The van der Waals surface area contributed by atoms with Crippen molar-refractivity contribution >= 4 is 7.82 Å². The molecule has 1 fully saturated rings. The van der Waals surface area contributed by atoms with E-state index < -0.39 is 50.2 Å². The van der Waals surface area contributed by atoms with Gasteiger partial charge < -0.3 is 34.6 Å². The standard InChI is InChI=1S/C12H19N2O9P.C12H27N/c1-2-3-6-4-8(15)14(12(18)13-6)11-10(17)9(16)7(23-11)5-22-24(19,20)21;1-4-7-10-13(11-8-5-2)12-9-6-3/h4,7,9-11,16-17H,2-3,5H2,1H3,(H,13,18)(H2,19,20,21);4-12H2,1-3H3/t7-,9-,10-,11-;/m1./s1. The molecule has 1 aromatic rings. The maximum Gasteiger partial charge on any atom is 0.469 e. The number of aliphatic hydroxyl groups is 2. The molecule has 1 saturated heterocycles. The number of aliphatic hydroxyl groups excluding tert-OH is 2. The first-order valence-corrected chi connectivity index (χ1v) is 14.8. The van der Waals surface area contributed by atoms with Gasteiger partial charge in [0.05, 0.1) is 6.61 Å². The van der Waals surface area contributed by atoms with Crippen molar-refractivity contribution in [3.05, 3.63) is 32.6 Å². The van der Waals surface area contributed by atoms with Gasteiger partial charge in [-0.05, 0) is 45.3 Å². The Labute approximate surface area is 218 Å². The lowest BCUT2D eigenvalue weighted by Gasteiger charge is -2.21. The average Bonchev–Trinajstić information content (AvgIpc) is 3.10. The van der Waals surface area contributed by atoms with Gasteiger partial charge in [0.15, 0.2) is 6.23 Å². The third-order valence-electron chi connectivity index (χ3n) is 6.02. The van der Waals surface area contributed by atoms with Crippen LogP contribution in [0.2, 0.25) is 0 Å². The molecule has 0 spiro atoms. The van der Waals surface area contributed by atoms with Gasteiger partial charge in [-0.1, -0.05) is 53.4 Å². The van der Waals surface area contributed by atoms with Crippen molar-refractivity contribution in [2.45, 2.75) is 104 Å². The topological polar surface area (TPSA) is 175 Å². The second kappa shape index (κ2) is 17.3. The first-order valence-electron chi connectivity index (χ1n) is 13.3. The first kappa shape index (κ1) is 33.7. The number of nitrogens with one attached hydrogen (secondary N) is 1. The minimum atomic E-state index is -4.80. The minimum absolute atomic E-state index is 0.429. The number of hydrogen-bond donors (Lipinski definition) is 5. The molecule has 1 aromatic heterocycles. The van der Waals surface area contributed by atoms with E-state index in [9.17, 15) is 24.4 Å². The maximum absolute atomic E-state index is 12.1. The van der Waals surface area contributed by atoms with Crippen LogP contribution < -0.4 is 11.2 Å². The highest BCUT2D eigenvalue weighted by atomic mass is 31.2. The molecule has 5 N–H and O–H groups in total. The summed E-state index contributed by atoms with van der Waals surface area (Å²) in [5.41, 5.74) is -1.12. The van der Waals surface area contributed by atoms with E-state index in [2.05, 4.69) is 35.2 Å². The van der Waals surface area contributed by atoms with Crippen molar-refractivity contribution in [3.8, 4) is 0 Å². The predicted octanol–water partition coefficient (Wildman–Crippen LogP) is 1.91. The Balaban J connectivity index is 0.000000448. The summed E-state index contributed by atoms with van der Waals surface area (Å²) in [4.78, 5) is 46.6. The third-order valence-corrected chi connectivity index (χ3v) is 6.51. The highest BCUT2D eigenvalue weighted by Crippen LogP contribution is 2.38. The van der Waals surface area contributed by atoms with Gasteiger partial charge in [0, 0.05) is 11.8 Å². The fraction of sp³-hybridized carbons (Fsp3) is 0.833. The largest absolute Gasteiger partial charge is 0.469 e. The van der Waals surface area contributed by atoms with Gasteiger partial charge in [0.1, 0.15) is 18.3 Å². The number of aryl methyl sites for hydroxylation is 1. The van der Waals surface area contributed by atoms with E-state index in [0.29, 0.717) is 23.1 Å². The van der Waals surface area contributed by atoms with Crippen LogP contribution in [0.5, 0.6) is 0 Å². The number of rotatable bonds is 15. The monoisotopic (exact) mass is 551 g/mol. The van der Waals surface area contributed by atoms with Crippen LogP contribution in [0, 0.1) is 0 Å². The van der Waals surface area contributed by atoms with Crippen molar-refractivity contribution in [3.63, 3.8) is 0 Å². The molecule has 0 saturated carbocycles. The number of ether oxygens (including phenoxy) is 1. The number of unbranched alkanes of at least 4 members (excludes halogenated alkanes) is 3. The molecule has 0 aliphatic carbocycles. The molecule has 2 rings (SSSR count). The summed E-state index contributed by atoms with van der Waals surface area (Å²) in [6, 6.07) is 1.19. The first-order chi connectivity index (χ1) is 17.5. The summed E-state index contributed by atoms with van der Waals surface area (Å²) in [5.74, 6) is 0. The van der Waals surface area contributed by atoms with Crippen LogP contribution in [-0.4, -0.2) is 79.0 Å². The van der Waals surface area contributed by atoms with Crippen LogP contribution in [-0.2, 0) is 20.2 Å².